The number of aromatic nitrogens is 1. The number of esters is 1. The summed E-state index contributed by atoms with van der Waals surface area (Å²) < 4.78 is 76.7. The van der Waals surface area contributed by atoms with E-state index in [1.165, 1.54) is 59.8 Å². The fourth-order valence-corrected chi connectivity index (χ4v) is 7.01. The van der Waals surface area contributed by atoms with Crippen LogP contribution in [0.1, 0.15) is 40.4 Å². The summed E-state index contributed by atoms with van der Waals surface area (Å²) in [5.41, 5.74) is 0.983. The second-order valence-electron chi connectivity index (χ2n) is 11.5. The molecular formula is C32H35Cl2F2N3O9S. The summed E-state index contributed by atoms with van der Waals surface area (Å²) in [5, 5.41) is 0.514. The zero-order chi connectivity index (χ0) is 34.6. The van der Waals surface area contributed by atoms with Gasteiger partial charge in [0.1, 0.15) is 16.1 Å². The van der Waals surface area contributed by atoms with Gasteiger partial charge >= 0.3 is 12.6 Å². The van der Waals surface area contributed by atoms with Gasteiger partial charge in [-0.2, -0.15) is 13.1 Å². The number of pyridine rings is 1. The molecule has 0 spiro atoms. The first-order valence-corrected chi connectivity index (χ1v) is 17.2. The predicted molar refractivity (Wildman–Crippen MR) is 172 cm³/mol. The molecule has 2 atom stereocenters. The van der Waals surface area contributed by atoms with E-state index in [2.05, 4.69) is 9.72 Å². The normalized spacial score (nSPS) is 17.2. The van der Waals surface area contributed by atoms with E-state index in [9.17, 15) is 26.8 Å². The first-order valence-electron chi connectivity index (χ1n) is 15.0. The first kappa shape index (κ1) is 38.2. The number of carbonyl (C=O) groups is 2. The van der Waals surface area contributed by atoms with Crippen molar-refractivity contribution in [2.45, 2.75) is 43.0 Å². The van der Waals surface area contributed by atoms with Crippen molar-refractivity contribution in [1.29, 1.82) is 0 Å². The lowest BCUT2D eigenvalue weighted by molar-refractivity contribution is -0.377. The molecule has 5 rings (SSSR count). The van der Waals surface area contributed by atoms with Crippen LogP contribution >= 0.6 is 23.2 Å². The van der Waals surface area contributed by atoms with Crippen LogP contribution in [0.3, 0.4) is 0 Å². The van der Waals surface area contributed by atoms with E-state index in [0.29, 0.717) is 23.7 Å². The molecule has 1 aliphatic heterocycles. The van der Waals surface area contributed by atoms with Crippen LogP contribution in [0.15, 0.2) is 59.8 Å². The van der Waals surface area contributed by atoms with Crippen molar-refractivity contribution >= 4 is 45.1 Å². The molecule has 49 heavy (non-hydrogen) atoms. The molecule has 3 aromatic rings. The summed E-state index contributed by atoms with van der Waals surface area (Å²) in [6.45, 7) is -3.31. The minimum Gasteiger partial charge on any atom is -0.870 e. The van der Waals surface area contributed by atoms with Crippen molar-refractivity contribution in [3.8, 4) is 11.5 Å². The summed E-state index contributed by atoms with van der Waals surface area (Å²) in [4.78, 5) is 30.1. The molecule has 0 radical (unpaired) electrons. The lowest BCUT2D eigenvalue weighted by Gasteiger charge is -2.32. The Kier molecular flexibility index (Phi) is 12.8. The Labute approximate surface area is 292 Å². The second-order valence-corrected chi connectivity index (χ2v) is 14.3. The van der Waals surface area contributed by atoms with E-state index in [1.54, 1.807) is 14.1 Å². The Morgan fingerprint density at radius 3 is 2.45 bits per heavy atom. The standard InChI is InChI=1S/C32H33Cl2F2N3O8S.H2O/c1-38(2)30(40)21-4-3-5-22(12-21)48(42,43)39-10-11-44-29(17-39)31(41)46-27(14-23-24(33)15-37-16-25(23)34)20-8-9-26(47-32(35)36)28(13-20)45-18-19-6-7-19;/h3-5,8-9,12-13,15-16,19,27,29,32H,6-7,10-11,14,17-18H2,1-2H3;1H2/t27-,29?;/m0./s1. The molecule has 1 aromatic heterocycles. The molecule has 1 amide bonds. The number of aromatic amines is 1. The Morgan fingerprint density at radius 2 is 1.80 bits per heavy atom. The molecule has 17 heteroatoms. The van der Waals surface area contributed by atoms with Crippen molar-refractivity contribution in [3.63, 3.8) is 0 Å². The van der Waals surface area contributed by atoms with Crippen molar-refractivity contribution < 1.29 is 56.2 Å². The first-order chi connectivity index (χ1) is 22.8. The van der Waals surface area contributed by atoms with Crippen molar-refractivity contribution in [1.82, 2.24) is 9.21 Å². The summed E-state index contributed by atoms with van der Waals surface area (Å²) in [6.07, 6.45) is 2.49. The van der Waals surface area contributed by atoms with Crippen LogP contribution in [0.4, 0.5) is 8.78 Å². The number of nitrogens with zero attached hydrogens (tertiary/aromatic N) is 2. The van der Waals surface area contributed by atoms with Gasteiger partial charge in [-0.1, -0.05) is 35.3 Å². The fourth-order valence-electron chi connectivity index (χ4n) is 5.01. The van der Waals surface area contributed by atoms with Gasteiger partial charge in [0.15, 0.2) is 30.0 Å². The molecule has 2 heterocycles. The van der Waals surface area contributed by atoms with Gasteiger partial charge in [0.25, 0.3) is 5.91 Å². The number of nitrogens with one attached hydrogen (secondary N) is 1. The molecular weight excluding hydrogens is 711 g/mol. The highest BCUT2D eigenvalue weighted by atomic mass is 35.5. The number of hydrogen-bond acceptors (Lipinski definition) is 9. The Hall–Kier alpha value is -3.60. The largest absolute Gasteiger partial charge is 0.870 e. The number of carbonyl (C=O) groups excluding carboxylic acids is 2. The maximum Gasteiger partial charge on any atom is 0.387 e. The second kappa shape index (κ2) is 16.4. The zero-order valence-corrected chi connectivity index (χ0v) is 28.8. The highest BCUT2D eigenvalue weighted by molar-refractivity contribution is 7.89. The number of benzene rings is 2. The molecule has 2 aromatic carbocycles. The number of morpholine rings is 1. The highest BCUT2D eigenvalue weighted by Crippen LogP contribution is 2.38. The smallest absolute Gasteiger partial charge is 0.387 e. The van der Waals surface area contributed by atoms with Gasteiger partial charge < -0.3 is 29.3 Å². The van der Waals surface area contributed by atoms with Gasteiger partial charge in [0, 0.05) is 38.2 Å². The molecule has 2 aliphatic rings. The number of alkyl halides is 2. The molecule has 2 N–H and O–H groups in total. The van der Waals surface area contributed by atoms with Gasteiger partial charge in [-0.3, -0.25) is 4.79 Å². The fraction of sp³-hybridized carbons (Fsp3) is 0.406. The van der Waals surface area contributed by atoms with Crippen LogP contribution in [0.2, 0.25) is 10.0 Å². The third-order valence-corrected chi connectivity index (χ3v) is 10.3. The van der Waals surface area contributed by atoms with E-state index < -0.39 is 34.8 Å². The Bertz CT molecular complexity index is 1740. The number of H-pyrrole nitrogens is 1. The Morgan fingerprint density at radius 1 is 1.08 bits per heavy atom. The van der Waals surface area contributed by atoms with Crippen LogP contribution in [-0.4, -0.2) is 88.1 Å². The van der Waals surface area contributed by atoms with Crippen LogP contribution in [0, 0.1) is 5.92 Å². The molecule has 1 saturated heterocycles. The van der Waals surface area contributed by atoms with Crippen LogP contribution in [-0.2, 0) is 30.7 Å². The quantitative estimate of drug-likeness (QED) is 0.228. The van der Waals surface area contributed by atoms with E-state index in [4.69, 9.17) is 37.4 Å². The van der Waals surface area contributed by atoms with Crippen LogP contribution in [0.25, 0.3) is 0 Å². The molecule has 0 bridgehead atoms. The number of rotatable bonds is 13. The van der Waals surface area contributed by atoms with Gasteiger partial charge in [-0.25, -0.2) is 18.2 Å². The number of ether oxygens (including phenoxy) is 4. The third kappa shape index (κ3) is 9.55. The average molecular weight is 747 g/mol. The molecule has 1 unspecified atom stereocenters. The molecule has 12 nitrogen and oxygen atoms in total. The molecule has 1 aliphatic carbocycles. The monoisotopic (exact) mass is 745 g/mol. The topological polar surface area (TPSA) is 156 Å². The van der Waals surface area contributed by atoms with E-state index in [0.717, 1.165) is 17.1 Å². The van der Waals surface area contributed by atoms with Gasteiger partial charge in [0.2, 0.25) is 10.0 Å². The van der Waals surface area contributed by atoms with Crippen LogP contribution < -0.4 is 14.5 Å². The van der Waals surface area contributed by atoms with Gasteiger partial charge in [-0.15, -0.1) is 0 Å². The minimum absolute atomic E-state index is 0. The lowest BCUT2D eigenvalue weighted by Crippen LogP contribution is -2.49. The van der Waals surface area contributed by atoms with E-state index in [1.807, 2.05) is 0 Å². The van der Waals surface area contributed by atoms with Crippen molar-refractivity contribution in [3.05, 3.63) is 81.6 Å². The summed E-state index contributed by atoms with van der Waals surface area (Å²) >= 11 is 12.8. The maximum absolute atomic E-state index is 13.6. The number of halogens is 4. The highest BCUT2D eigenvalue weighted by Gasteiger charge is 2.37. The van der Waals surface area contributed by atoms with Gasteiger partial charge in [-0.05, 0) is 54.7 Å². The number of hydrogen-bond donors (Lipinski definition) is 0. The molecule has 266 valence electrons. The third-order valence-electron chi connectivity index (χ3n) is 7.79. The summed E-state index contributed by atoms with van der Waals surface area (Å²) in [5.74, 6) is -1.08. The molecule has 1 saturated carbocycles. The zero-order valence-electron chi connectivity index (χ0n) is 26.5. The maximum atomic E-state index is 13.6. The van der Waals surface area contributed by atoms with E-state index in [-0.39, 0.29) is 69.5 Å². The predicted octanol–water partition coefficient (Wildman–Crippen LogP) is 4.64. The Balaban J connectivity index is 0.00000541. The average Bonchev–Trinajstić information content (AvgIpc) is 3.89. The summed E-state index contributed by atoms with van der Waals surface area (Å²) in [6, 6.07) is 9.85. The number of sulfonamides is 1. The van der Waals surface area contributed by atoms with Gasteiger partial charge in [0.05, 0.1) is 24.7 Å². The van der Waals surface area contributed by atoms with Crippen LogP contribution in [0.5, 0.6) is 11.5 Å². The summed E-state index contributed by atoms with van der Waals surface area (Å²) in [7, 11) is -1.02. The number of amides is 1. The van der Waals surface area contributed by atoms with E-state index >= 15 is 0 Å². The van der Waals surface area contributed by atoms with Crippen molar-refractivity contribution in [2.24, 2.45) is 5.92 Å². The minimum atomic E-state index is -4.13. The lowest BCUT2D eigenvalue weighted by atomic mass is 10.0. The van der Waals surface area contributed by atoms with Crippen molar-refractivity contribution in [2.75, 3.05) is 40.4 Å². The SMILES string of the molecule is CN(C)C(=O)c1cccc(S(=O)(=O)N2CCOC(C(=O)O[C@@H](Cc3c(Cl)c[nH+]cc3Cl)c3ccc(OC(F)F)c(OCC4CC4)c3)C2)c1.[OH-]. The molecule has 2 fully saturated rings.